The third-order valence-electron chi connectivity index (χ3n) is 4.32. The molecule has 0 aliphatic rings. The van der Waals surface area contributed by atoms with Crippen LogP contribution >= 0.6 is 0 Å². The summed E-state index contributed by atoms with van der Waals surface area (Å²) in [7, 11) is 4.39. The van der Waals surface area contributed by atoms with E-state index >= 15 is 0 Å². The molecule has 0 aliphatic carbocycles. The van der Waals surface area contributed by atoms with Crippen molar-refractivity contribution in [1.82, 2.24) is 4.90 Å². The highest BCUT2D eigenvalue weighted by Gasteiger charge is 2.17. The van der Waals surface area contributed by atoms with Crippen molar-refractivity contribution in [2.24, 2.45) is 0 Å². The number of ether oxygens (including phenoxy) is 3. The molecule has 0 atom stereocenters. The Bertz CT molecular complexity index is 860. The topological polar surface area (TPSA) is 65.1 Å². The van der Waals surface area contributed by atoms with Crippen LogP contribution in [0, 0.1) is 6.92 Å². The smallest absolute Gasteiger partial charge is 0.325 e. The Hall–Kier alpha value is -3.28. The molecule has 0 heterocycles. The van der Waals surface area contributed by atoms with E-state index in [4.69, 9.17) is 14.2 Å². The SMILES string of the molecule is COC(=O)CN(Cc1ccccc1C)C(=O)/C=C/c1cccc(OC)c1OC. The monoisotopic (exact) mass is 383 g/mol. The number of carbonyl (C=O) groups is 2. The molecule has 2 rings (SSSR count). The average molecular weight is 383 g/mol. The van der Waals surface area contributed by atoms with E-state index in [0.29, 0.717) is 23.6 Å². The molecule has 148 valence electrons. The Morgan fingerprint density at radius 1 is 1.00 bits per heavy atom. The lowest BCUT2D eigenvalue weighted by atomic mass is 10.1. The summed E-state index contributed by atoms with van der Waals surface area (Å²) >= 11 is 0. The van der Waals surface area contributed by atoms with Gasteiger partial charge in [0.15, 0.2) is 11.5 Å². The quantitative estimate of drug-likeness (QED) is 0.517. The van der Waals surface area contributed by atoms with E-state index in [2.05, 4.69) is 0 Å². The second kappa shape index (κ2) is 10.2. The summed E-state index contributed by atoms with van der Waals surface area (Å²) in [4.78, 5) is 26.0. The number of nitrogens with zero attached hydrogens (tertiary/aromatic N) is 1. The van der Waals surface area contributed by atoms with Crippen molar-refractivity contribution in [3.63, 3.8) is 0 Å². The number of amides is 1. The molecule has 0 N–H and O–H groups in total. The summed E-state index contributed by atoms with van der Waals surface area (Å²) in [5, 5.41) is 0. The lowest BCUT2D eigenvalue weighted by molar-refractivity contribution is -0.145. The van der Waals surface area contributed by atoms with Gasteiger partial charge in [-0.1, -0.05) is 36.4 Å². The highest BCUT2D eigenvalue weighted by atomic mass is 16.5. The summed E-state index contributed by atoms with van der Waals surface area (Å²) in [6.45, 7) is 2.14. The molecule has 0 saturated carbocycles. The maximum Gasteiger partial charge on any atom is 0.325 e. The van der Waals surface area contributed by atoms with Gasteiger partial charge in [-0.15, -0.1) is 0 Å². The van der Waals surface area contributed by atoms with Crippen molar-refractivity contribution < 1.29 is 23.8 Å². The van der Waals surface area contributed by atoms with Crippen LogP contribution in [0.25, 0.3) is 6.08 Å². The fourth-order valence-electron chi connectivity index (χ4n) is 2.73. The predicted octanol–water partition coefficient (Wildman–Crippen LogP) is 3.23. The molecule has 28 heavy (non-hydrogen) atoms. The first kappa shape index (κ1) is 21.0. The fraction of sp³-hybridized carbons (Fsp3) is 0.273. The van der Waals surface area contributed by atoms with E-state index in [9.17, 15) is 9.59 Å². The number of hydrogen-bond acceptors (Lipinski definition) is 5. The number of carbonyl (C=O) groups excluding carboxylic acids is 2. The van der Waals surface area contributed by atoms with E-state index < -0.39 is 5.97 Å². The minimum Gasteiger partial charge on any atom is -0.493 e. The number of esters is 1. The molecule has 0 aromatic heterocycles. The molecule has 0 radical (unpaired) electrons. The zero-order valence-corrected chi connectivity index (χ0v) is 16.6. The number of hydrogen-bond donors (Lipinski definition) is 0. The van der Waals surface area contributed by atoms with Gasteiger partial charge in [-0.05, 0) is 30.2 Å². The van der Waals surface area contributed by atoms with Gasteiger partial charge in [0.25, 0.3) is 0 Å². The molecule has 1 amide bonds. The first-order chi connectivity index (χ1) is 13.5. The summed E-state index contributed by atoms with van der Waals surface area (Å²) < 4.78 is 15.4. The van der Waals surface area contributed by atoms with Crippen LogP contribution in [0.3, 0.4) is 0 Å². The van der Waals surface area contributed by atoms with Gasteiger partial charge in [-0.2, -0.15) is 0 Å². The third-order valence-corrected chi connectivity index (χ3v) is 4.32. The van der Waals surface area contributed by atoms with Crippen LogP contribution in [0.15, 0.2) is 48.5 Å². The molecular formula is C22H25NO5. The second-order valence-corrected chi connectivity index (χ2v) is 6.11. The molecular weight excluding hydrogens is 358 g/mol. The minimum absolute atomic E-state index is 0.136. The molecule has 0 unspecified atom stereocenters. The van der Waals surface area contributed by atoms with Crippen molar-refractivity contribution >= 4 is 18.0 Å². The van der Waals surface area contributed by atoms with Crippen LogP contribution in [-0.2, 0) is 20.9 Å². The zero-order chi connectivity index (χ0) is 20.5. The Morgan fingerprint density at radius 3 is 2.39 bits per heavy atom. The normalized spacial score (nSPS) is 10.6. The summed E-state index contributed by atoms with van der Waals surface area (Å²) in [6, 6.07) is 13.1. The van der Waals surface area contributed by atoms with E-state index in [0.717, 1.165) is 11.1 Å². The number of para-hydroxylation sites is 1. The molecule has 6 heteroatoms. The molecule has 0 bridgehead atoms. The van der Waals surface area contributed by atoms with E-state index in [-0.39, 0.29) is 12.5 Å². The van der Waals surface area contributed by atoms with Crippen molar-refractivity contribution in [1.29, 1.82) is 0 Å². The maximum absolute atomic E-state index is 12.8. The van der Waals surface area contributed by atoms with Crippen LogP contribution in [0.1, 0.15) is 16.7 Å². The van der Waals surface area contributed by atoms with Crippen molar-refractivity contribution in [2.45, 2.75) is 13.5 Å². The van der Waals surface area contributed by atoms with Gasteiger partial charge in [0.2, 0.25) is 5.91 Å². The van der Waals surface area contributed by atoms with Crippen LogP contribution < -0.4 is 9.47 Å². The Labute approximate surface area is 165 Å². The van der Waals surface area contributed by atoms with Gasteiger partial charge in [-0.3, -0.25) is 9.59 Å². The van der Waals surface area contributed by atoms with Gasteiger partial charge < -0.3 is 19.1 Å². The molecule has 6 nitrogen and oxygen atoms in total. The predicted molar refractivity (Wildman–Crippen MR) is 107 cm³/mol. The average Bonchev–Trinajstić information content (AvgIpc) is 2.72. The van der Waals surface area contributed by atoms with Crippen molar-refractivity contribution in [3.05, 3.63) is 65.2 Å². The first-order valence-corrected chi connectivity index (χ1v) is 8.79. The van der Waals surface area contributed by atoms with Crippen molar-refractivity contribution in [2.75, 3.05) is 27.9 Å². The van der Waals surface area contributed by atoms with E-state index in [1.807, 2.05) is 43.3 Å². The highest BCUT2D eigenvalue weighted by Crippen LogP contribution is 2.31. The molecule has 2 aromatic carbocycles. The zero-order valence-electron chi connectivity index (χ0n) is 16.6. The summed E-state index contributed by atoms with van der Waals surface area (Å²) in [5.74, 6) is 0.323. The maximum atomic E-state index is 12.8. The van der Waals surface area contributed by atoms with Gasteiger partial charge in [0.05, 0.1) is 21.3 Å². The Balaban J connectivity index is 2.26. The van der Waals surface area contributed by atoms with E-state index in [1.165, 1.54) is 18.1 Å². The fourth-order valence-corrected chi connectivity index (χ4v) is 2.73. The standard InChI is InChI=1S/C22H25NO5/c1-16-8-5-6-9-18(16)14-23(15-21(25)27-3)20(24)13-12-17-10-7-11-19(26-2)22(17)28-4/h5-13H,14-15H2,1-4H3/b13-12+. The Kier molecular flexibility index (Phi) is 7.63. The van der Waals surface area contributed by atoms with Gasteiger partial charge in [0, 0.05) is 18.2 Å². The van der Waals surface area contributed by atoms with Gasteiger partial charge >= 0.3 is 5.97 Å². The number of aryl methyl sites for hydroxylation is 1. The number of benzene rings is 2. The van der Waals surface area contributed by atoms with Crippen molar-refractivity contribution in [3.8, 4) is 11.5 Å². The van der Waals surface area contributed by atoms with Gasteiger partial charge in [-0.25, -0.2) is 0 Å². The minimum atomic E-state index is -0.478. The van der Waals surface area contributed by atoms with Crippen LogP contribution in [0.2, 0.25) is 0 Å². The molecule has 0 aliphatic heterocycles. The van der Waals surface area contributed by atoms with Gasteiger partial charge in [0.1, 0.15) is 6.54 Å². The molecule has 2 aromatic rings. The molecule has 0 saturated heterocycles. The number of methoxy groups -OCH3 is 3. The highest BCUT2D eigenvalue weighted by molar-refractivity contribution is 5.94. The Morgan fingerprint density at radius 2 is 1.75 bits per heavy atom. The van der Waals surface area contributed by atoms with Crippen LogP contribution in [0.5, 0.6) is 11.5 Å². The van der Waals surface area contributed by atoms with E-state index in [1.54, 1.807) is 26.4 Å². The summed E-state index contributed by atoms with van der Waals surface area (Å²) in [6.07, 6.45) is 3.06. The number of rotatable bonds is 8. The first-order valence-electron chi connectivity index (χ1n) is 8.79. The second-order valence-electron chi connectivity index (χ2n) is 6.11. The summed E-state index contributed by atoms with van der Waals surface area (Å²) in [5.41, 5.74) is 2.71. The largest absolute Gasteiger partial charge is 0.493 e. The molecule has 0 fully saturated rings. The third kappa shape index (κ3) is 5.36. The van der Waals surface area contributed by atoms with Crippen LogP contribution in [0.4, 0.5) is 0 Å². The lowest BCUT2D eigenvalue weighted by Gasteiger charge is -2.21. The molecule has 0 spiro atoms. The lowest BCUT2D eigenvalue weighted by Crippen LogP contribution is -2.34. The van der Waals surface area contributed by atoms with Crippen LogP contribution in [-0.4, -0.2) is 44.7 Å².